The molecule has 1 N–H and O–H groups in total. The molecule has 150 valence electrons. The summed E-state index contributed by atoms with van der Waals surface area (Å²) in [6.45, 7) is 2.06. The van der Waals surface area contributed by atoms with E-state index in [1.54, 1.807) is 38.6 Å². The zero-order valence-electron chi connectivity index (χ0n) is 17.1. The Kier molecular flexibility index (Phi) is 5.35. The topological polar surface area (TPSA) is 60.5 Å². The predicted molar refractivity (Wildman–Crippen MR) is 119 cm³/mol. The molecule has 0 saturated heterocycles. The first-order chi connectivity index (χ1) is 14.6. The molecule has 5 nitrogen and oxygen atoms in total. The van der Waals surface area contributed by atoms with E-state index in [2.05, 4.69) is 35.4 Å². The number of methoxy groups -OCH3 is 2. The van der Waals surface area contributed by atoms with Crippen LogP contribution in [0.4, 0.5) is 5.69 Å². The summed E-state index contributed by atoms with van der Waals surface area (Å²) in [5.41, 5.74) is 4.48. The third kappa shape index (κ3) is 3.82. The van der Waals surface area contributed by atoms with Gasteiger partial charge in [-0.1, -0.05) is 18.2 Å². The summed E-state index contributed by atoms with van der Waals surface area (Å²) in [5.74, 6) is 0.880. The maximum Gasteiger partial charge on any atom is 0.255 e. The minimum absolute atomic E-state index is 0.214. The number of nitrogens with one attached hydrogen (secondary N) is 1. The second kappa shape index (κ2) is 8.25. The number of rotatable bonds is 5. The van der Waals surface area contributed by atoms with Gasteiger partial charge in [0.25, 0.3) is 5.91 Å². The lowest BCUT2D eigenvalue weighted by molar-refractivity contribution is 0.102. The van der Waals surface area contributed by atoms with Crippen LogP contribution >= 0.6 is 0 Å². The number of fused-ring (bicyclic) bond motifs is 1. The van der Waals surface area contributed by atoms with Crippen LogP contribution in [0, 0.1) is 6.92 Å². The van der Waals surface area contributed by atoms with Crippen molar-refractivity contribution in [3.05, 3.63) is 84.2 Å². The maximum absolute atomic E-state index is 12.8. The molecule has 0 unspecified atom stereocenters. The van der Waals surface area contributed by atoms with Crippen molar-refractivity contribution in [3.8, 4) is 22.6 Å². The number of hydrogen-bond acceptors (Lipinski definition) is 4. The van der Waals surface area contributed by atoms with E-state index in [0.29, 0.717) is 17.1 Å². The first kappa shape index (κ1) is 19.5. The number of carbonyl (C=O) groups is 1. The molecule has 1 amide bonds. The Balaban J connectivity index is 1.63. The maximum atomic E-state index is 12.8. The van der Waals surface area contributed by atoms with Crippen LogP contribution in [0.15, 0.2) is 73.1 Å². The molecule has 3 aromatic carbocycles. The molecule has 0 aliphatic carbocycles. The van der Waals surface area contributed by atoms with E-state index >= 15 is 0 Å². The Hall–Kier alpha value is -3.86. The van der Waals surface area contributed by atoms with E-state index in [0.717, 1.165) is 33.2 Å². The molecule has 30 heavy (non-hydrogen) atoms. The van der Waals surface area contributed by atoms with E-state index < -0.39 is 0 Å². The molecule has 5 heteroatoms. The molecule has 0 saturated carbocycles. The van der Waals surface area contributed by atoms with Gasteiger partial charge in [-0.2, -0.15) is 0 Å². The van der Waals surface area contributed by atoms with Gasteiger partial charge < -0.3 is 14.8 Å². The lowest BCUT2D eigenvalue weighted by Gasteiger charge is -2.12. The number of carbonyl (C=O) groups excluding carboxylic acids is 1. The minimum atomic E-state index is -0.214. The minimum Gasteiger partial charge on any atom is -0.493 e. The zero-order chi connectivity index (χ0) is 21.1. The third-order valence-corrected chi connectivity index (χ3v) is 5.09. The molecule has 0 aliphatic heterocycles. The van der Waals surface area contributed by atoms with Crippen molar-refractivity contribution in [3.63, 3.8) is 0 Å². The number of hydrogen-bond donors (Lipinski definition) is 1. The summed E-state index contributed by atoms with van der Waals surface area (Å²) >= 11 is 0. The van der Waals surface area contributed by atoms with Crippen LogP contribution in [-0.4, -0.2) is 25.1 Å². The molecule has 0 fully saturated rings. The Morgan fingerprint density at radius 2 is 1.70 bits per heavy atom. The number of amides is 1. The highest BCUT2D eigenvalue weighted by molar-refractivity contribution is 6.05. The van der Waals surface area contributed by atoms with Gasteiger partial charge in [-0.05, 0) is 71.5 Å². The Morgan fingerprint density at radius 3 is 2.50 bits per heavy atom. The second-order valence-corrected chi connectivity index (χ2v) is 6.99. The smallest absolute Gasteiger partial charge is 0.255 e. The number of anilines is 1. The van der Waals surface area contributed by atoms with Crippen LogP contribution in [0.2, 0.25) is 0 Å². The van der Waals surface area contributed by atoms with E-state index in [1.807, 2.05) is 30.5 Å². The largest absolute Gasteiger partial charge is 0.493 e. The fraction of sp³-hybridized carbons (Fsp3) is 0.120. The second-order valence-electron chi connectivity index (χ2n) is 6.99. The Bertz CT molecular complexity index is 1230. The fourth-order valence-electron chi connectivity index (χ4n) is 3.44. The third-order valence-electron chi connectivity index (χ3n) is 5.09. The van der Waals surface area contributed by atoms with Crippen molar-refractivity contribution in [1.82, 2.24) is 4.98 Å². The highest BCUT2D eigenvalue weighted by Gasteiger charge is 2.12. The number of nitrogens with zero attached hydrogens (tertiary/aromatic N) is 1. The quantitative estimate of drug-likeness (QED) is 0.484. The molecule has 1 aromatic heterocycles. The van der Waals surface area contributed by atoms with Gasteiger partial charge in [0, 0.05) is 29.0 Å². The SMILES string of the molecule is COc1ccc(C(=O)Nc2ccc(C)c(-c3ccc4ccncc4c3)c2)cc1OC. The summed E-state index contributed by atoms with van der Waals surface area (Å²) in [7, 11) is 3.11. The Morgan fingerprint density at radius 1 is 0.867 bits per heavy atom. The highest BCUT2D eigenvalue weighted by Crippen LogP contribution is 2.30. The van der Waals surface area contributed by atoms with Crippen molar-refractivity contribution >= 4 is 22.4 Å². The molecule has 0 spiro atoms. The molecule has 0 atom stereocenters. The first-order valence-corrected chi connectivity index (χ1v) is 9.57. The number of aryl methyl sites for hydroxylation is 1. The van der Waals surface area contributed by atoms with Gasteiger partial charge >= 0.3 is 0 Å². The number of ether oxygens (including phenoxy) is 2. The average Bonchev–Trinajstić information content (AvgIpc) is 2.79. The zero-order valence-corrected chi connectivity index (χ0v) is 17.1. The van der Waals surface area contributed by atoms with E-state index in [9.17, 15) is 4.79 Å². The molecule has 1 heterocycles. The lowest BCUT2D eigenvalue weighted by Crippen LogP contribution is -2.12. The van der Waals surface area contributed by atoms with Gasteiger partial charge in [-0.25, -0.2) is 0 Å². The van der Waals surface area contributed by atoms with Crippen molar-refractivity contribution in [2.45, 2.75) is 6.92 Å². The number of aromatic nitrogens is 1. The van der Waals surface area contributed by atoms with E-state index in [-0.39, 0.29) is 5.91 Å². The highest BCUT2D eigenvalue weighted by atomic mass is 16.5. The fourth-order valence-corrected chi connectivity index (χ4v) is 3.44. The van der Waals surface area contributed by atoms with Crippen LogP contribution in [0.5, 0.6) is 11.5 Å². The number of benzene rings is 3. The van der Waals surface area contributed by atoms with E-state index in [4.69, 9.17) is 9.47 Å². The lowest BCUT2D eigenvalue weighted by atomic mass is 9.98. The van der Waals surface area contributed by atoms with Crippen LogP contribution in [0.25, 0.3) is 21.9 Å². The van der Waals surface area contributed by atoms with Gasteiger partial charge in [0.2, 0.25) is 0 Å². The van der Waals surface area contributed by atoms with Crippen LogP contribution < -0.4 is 14.8 Å². The van der Waals surface area contributed by atoms with Gasteiger partial charge in [0.1, 0.15) is 0 Å². The Labute approximate surface area is 175 Å². The van der Waals surface area contributed by atoms with Gasteiger partial charge in [-0.15, -0.1) is 0 Å². The van der Waals surface area contributed by atoms with Crippen molar-refractivity contribution in [2.24, 2.45) is 0 Å². The van der Waals surface area contributed by atoms with Crippen LogP contribution in [0.1, 0.15) is 15.9 Å². The summed E-state index contributed by atoms with van der Waals surface area (Å²) in [5, 5.41) is 5.19. The van der Waals surface area contributed by atoms with Crippen molar-refractivity contribution in [1.29, 1.82) is 0 Å². The summed E-state index contributed by atoms with van der Waals surface area (Å²) in [4.78, 5) is 17.0. The van der Waals surface area contributed by atoms with Crippen molar-refractivity contribution in [2.75, 3.05) is 19.5 Å². The molecule has 0 bridgehead atoms. The van der Waals surface area contributed by atoms with Crippen LogP contribution in [0.3, 0.4) is 0 Å². The first-order valence-electron chi connectivity index (χ1n) is 9.57. The average molecular weight is 398 g/mol. The standard InChI is InChI=1S/C25H22N2O3/c1-16-4-8-21(27-25(28)19-7-9-23(29-2)24(13-19)30-3)14-22(16)18-6-5-17-10-11-26-15-20(17)12-18/h4-15H,1-3H3,(H,27,28). The molecule has 0 aliphatic rings. The molecule has 4 rings (SSSR count). The van der Waals surface area contributed by atoms with E-state index in [1.165, 1.54) is 0 Å². The van der Waals surface area contributed by atoms with Gasteiger partial charge in [-0.3, -0.25) is 9.78 Å². The summed E-state index contributed by atoms with van der Waals surface area (Å²) < 4.78 is 10.5. The summed E-state index contributed by atoms with van der Waals surface area (Å²) in [6.07, 6.45) is 3.65. The molecule has 4 aromatic rings. The van der Waals surface area contributed by atoms with Crippen LogP contribution in [-0.2, 0) is 0 Å². The number of pyridine rings is 1. The molecular formula is C25H22N2O3. The van der Waals surface area contributed by atoms with Crippen molar-refractivity contribution < 1.29 is 14.3 Å². The molecule has 0 radical (unpaired) electrons. The summed E-state index contributed by atoms with van der Waals surface area (Å²) in [6, 6.07) is 19.3. The molecular weight excluding hydrogens is 376 g/mol. The monoisotopic (exact) mass is 398 g/mol. The van der Waals surface area contributed by atoms with Gasteiger partial charge in [0.05, 0.1) is 14.2 Å². The normalized spacial score (nSPS) is 10.6. The predicted octanol–water partition coefficient (Wildman–Crippen LogP) is 5.48. The van der Waals surface area contributed by atoms with Gasteiger partial charge in [0.15, 0.2) is 11.5 Å².